The average Bonchev–Trinajstić information content (AvgIpc) is 3.54. The summed E-state index contributed by atoms with van der Waals surface area (Å²) in [6.45, 7) is 0.668. The number of carbonyl (C=O) groups excluding carboxylic acids is 1. The van der Waals surface area contributed by atoms with Gasteiger partial charge in [0.2, 0.25) is 5.91 Å². The summed E-state index contributed by atoms with van der Waals surface area (Å²) < 4.78 is 2.16. The zero-order chi connectivity index (χ0) is 21.2. The van der Waals surface area contributed by atoms with Crippen LogP contribution >= 0.6 is 11.6 Å². The molecule has 31 heavy (non-hydrogen) atoms. The van der Waals surface area contributed by atoms with Crippen molar-refractivity contribution in [1.29, 1.82) is 0 Å². The lowest BCUT2D eigenvalue weighted by atomic mass is 10.1. The Balaban J connectivity index is 1.31. The van der Waals surface area contributed by atoms with Crippen LogP contribution in [0.15, 0.2) is 90.2 Å². The number of amides is 1. The Morgan fingerprint density at radius 1 is 1.03 bits per heavy atom. The highest BCUT2D eigenvalue weighted by molar-refractivity contribution is 6.31. The SMILES string of the molecule is O=C(N/N=C\c1cn(Cc2ccccc2Cl)c2ccccc12)[C@H]1C[C@@H]1c1ccccc1. The molecule has 4 nitrogen and oxygen atoms in total. The minimum absolute atomic E-state index is 0.00103. The van der Waals surface area contributed by atoms with Crippen LogP contribution in [0.2, 0.25) is 5.02 Å². The molecule has 1 fully saturated rings. The molecule has 4 aromatic rings. The number of hydrazone groups is 1. The fraction of sp³-hybridized carbons (Fsp3) is 0.154. The number of benzene rings is 3. The molecule has 154 valence electrons. The Kier molecular flexibility index (Phi) is 5.31. The molecule has 1 aliphatic rings. The second-order valence-corrected chi connectivity index (χ2v) is 8.32. The molecule has 1 N–H and O–H groups in total. The van der Waals surface area contributed by atoms with Crippen molar-refractivity contribution in [3.8, 4) is 0 Å². The van der Waals surface area contributed by atoms with E-state index in [2.05, 4.69) is 39.4 Å². The van der Waals surface area contributed by atoms with Crippen molar-refractivity contribution >= 4 is 34.6 Å². The van der Waals surface area contributed by atoms with Gasteiger partial charge in [0.1, 0.15) is 0 Å². The number of fused-ring (bicyclic) bond motifs is 1. The summed E-state index contributed by atoms with van der Waals surface area (Å²) in [5, 5.41) is 6.09. The Morgan fingerprint density at radius 3 is 2.61 bits per heavy atom. The standard InChI is InChI=1S/C26H22ClN3O/c27-24-12-6-4-10-19(24)16-30-17-20(21-11-5-7-13-25(21)30)15-28-29-26(31)23-14-22(23)18-8-2-1-3-9-18/h1-13,15,17,22-23H,14,16H2,(H,29,31)/b28-15-/t22-,23+/m1/s1. The van der Waals surface area contributed by atoms with Crippen molar-refractivity contribution in [3.05, 3.63) is 107 Å². The monoisotopic (exact) mass is 427 g/mol. The molecule has 5 rings (SSSR count). The highest BCUT2D eigenvalue weighted by Gasteiger charge is 2.43. The third-order valence-corrected chi connectivity index (χ3v) is 6.22. The lowest BCUT2D eigenvalue weighted by Gasteiger charge is -2.07. The Labute approximate surface area is 186 Å². The number of hydrogen-bond donors (Lipinski definition) is 1. The third-order valence-electron chi connectivity index (χ3n) is 5.85. The summed E-state index contributed by atoms with van der Waals surface area (Å²) in [6.07, 6.45) is 4.65. The smallest absolute Gasteiger partial charge is 0.243 e. The fourth-order valence-electron chi connectivity index (χ4n) is 4.12. The maximum Gasteiger partial charge on any atom is 0.243 e. The van der Waals surface area contributed by atoms with E-state index in [1.807, 2.05) is 60.8 Å². The van der Waals surface area contributed by atoms with Gasteiger partial charge < -0.3 is 4.57 Å². The number of carbonyl (C=O) groups is 1. The van der Waals surface area contributed by atoms with Crippen molar-refractivity contribution in [2.45, 2.75) is 18.9 Å². The van der Waals surface area contributed by atoms with Gasteiger partial charge in [-0.3, -0.25) is 4.79 Å². The van der Waals surface area contributed by atoms with Gasteiger partial charge in [0.25, 0.3) is 0 Å². The lowest BCUT2D eigenvalue weighted by molar-refractivity contribution is -0.122. The van der Waals surface area contributed by atoms with Gasteiger partial charge in [-0.2, -0.15) is 5.10 Å². The van der Waals surface area contributed by atoms with E-state index >= 15 is 0 Å². The maximum atomic E-state index is 12.5. The number of para-hydroxylation sites is 1. The zero-order valence-electron chi connectivity index (χ0n) is 16.9. The summed E-state index contributed by atoms with van der Waals surface area (Å²) in [5.74, 6) is 0.278. The Bertz CT molecular complexity index is 1260. The van der Waals surface area contributed by atoms with Crippen molar-refractivity contribution in [1.82, 2.24) is 9.99 Å². The molecule has 0 aliphatic heterocycles. The highest BCUT2D eigenvalue weighted by atomic mass is 35.5. The molecule has 1 saturated carbocycles. The first-order chi connectivity index (χ1) is 15.2. The van der Waals surface area contributed by atoms with E-state index in [1.165, 1.54) is 5.56 Å². The molecule has 0 saturated heterocycles. The van der Waals surface area contributed by atoms with E-state index < -0.39 is 0 Å². The van der Waals surface area contributed by atoms with E-state index in [9.17, 15) is 4.79 Å². The van der Waals surface area contributed by atoms with Crippen LogP contribution in [-0.4, -0.2) is 16.7 Å². The zero-order valence-corrected chi connectivity index (χ0v) is 17.7. The Morgan fingerprint density at radius 2 is 1.77 bits per heavy atom. The van der Waals surface area contributed by atoms with Crippen LogP contribution < -0.4 is 5.43 Å². The summed E-state index contributed by atoms with van der Waals surface area (Å²) in [5.41, 5.74) is 7.06. The van der Waals surface area contributed by atoms with Gasteiger partial charge >= 0.3 is 0 Å². The van der Waals surface area contributed by atoms with Gasteiger partial charge in [-0.15, -0.1) is 0 Å². The van der Waals surface area contributed by atoms with Gasteiger partial charge in [0.05, 0.1) is 6.21 Å². The molecule has 1 heterocycles. The first-order valence-corrected chi connectivity index (χ1v) is 10.8. The van der Waals surface area contributed by atoms with Crippen LogP contribution in [-0.2, 0) is 11.3 Å². The average molecular weight is 428 g/mol. The molecule has 0 unspecified atom stereocenters. The molecule has 3 aromatic carbocycles. The molecule has 5 heteroatoms. The Hall–Kier alpha value is -3.37. The highest BCUT2D eigenvalue weighted by Crippen LogP contribution is 2.47. The third kappa shape index (κ3) is 4.12. The van der Waals surface area contributed by atoms with Crippen LogP contribution in [0.4, 0.5) is 0 Å². The molecule has 1 aromatic heterocycles. The molecular weight excluding hydrogens is 406 g/mol. The number of halogens is 1. The number of hydrogen-bond acceptors (Lipinski definition) is 2. The van der Waals surface area contributed by atoms with Crippen molar-refractivity contribution in [2.75, 3.05) is 0 Å². The van der Waals surface area contributed by atoms with Crippen molar-refractivity contribution in [3.63, 3.8) is 0 Å². The molecule has 0 spiro atoms. The first-order valence-electron chi connectivity index (χ1n) is 10.4. The van der Waals surface area contributed by atoms with Gasteiger partial charge in [0.15, 0.2) is 0 Å². The molecule has 2 atom stereocenters. The predicted octanol–water partition coefficient (Wildman–Crippen LogP) is 5.60. The molecule has 0 radical (unpaired) electrons. The lowest BCUT2D eigenvalue weighted by Crippen LogP contribution is -2.20. The van der Waals surface area contributed by atoms with Crippen LogP contribution in [0.5, 0.6) is 0 Å². The van der Waals surface area contributed by atoms with Crippen LogP contribution in [0.3, 0.4) is 0 Å². The number of rotatable bonds is 6. The molecular formula is C26H22ClN3O. The summed E-state index contributed by atoms with van der Waals surface area (Å²) in [7, 11) is 0. The first kappa shape index (κ1) is 19.6. The summed E-state index contributed by atoms with van der Waals surface area (Å²) >= 11 is 6.35. The van der Waals surface area contributed by atoms with Crippen molar-refractivity contribution < 1.29 is 4.79 Å². The molecule has 0 bridgehead atoms. The second kappa shape index (κ2) is 8.40. The normalized spacial score (nSPS) is 17.8. The number of nitrogens with one attached hydrogen (secondary N) is 1. The molecule has 1 amide bonds. The van der Waals surface area contributed by atoms with E-state index in [0.29, 0.717) is 12.5 Å². The minimum atomic E-state index is -0.0232. The van der Waals surface area contributed by atoms with Gasteiger partial charge in [0, 0.05) is 40.1 Å². The van der Waals surface area contributed by atoms with Crippen LogP contribution in [0.1, 0.15) is 29.0 Å². The topological polar surface area (TPSA) is 46.4 Å². The van der Waals surface area contributed by atoms with Gasteiger partial charge in [-0.25, -0.2) is 5.43 Å². The summed E-state index contributed by atoms with van der Waals surface area (Å²) in [4.78, 5) is 12.5. The van der Waals surface area contributed by atoms with E-state index in [1.54, 1.807) is 6.21 Å². The summed E-state index contributed by atoms with van der Waals surface area (Å²) in [6, 6.07) is 26.2. The van der Waals surface area contributed by atoms with Gasteiger partial charge in [-0.1, -0.05) is 78.3 Å². The number of aromatic nitrogens is 1. The van der Waals surface area contributed by atoms with E-state index in [4.69, 9.17) is 11.6 Å². The van der Waals surface area contributed by atoms with E-state index in [0.717, 1.165) is 33.5 Å². The quantitative estimate of drug-likeness (QED) is 0.316. The van der Waals surface area contributed by atoms with Crippen molar-refractivity contribution in [2.24, 2.45) is 11.0 Å². The van der Waals surface area contributed by atoms with Crippen LogP contribution in [0.25, 0.3) is 10.9 Å². The van der Waals surface area contributed by atoms with Gasteiger partial charge in [-0.05, 0) is 35.6 Å². The second-order valence-electron chi connectivity index (χ2n) is 7.91. The maximum absolute atomic E-state index is 12.5. The largest absolute Gasteiger partial charge is 0.342 e. The van der Waals surface area contributed by atoms with E-state index in [-0.39, 0.29) is 11.8 Å². The van der Waals surface area contributed by atoms with Crippen LogP contribution in [0, 0.1) is 5.92 Å². The molecule has 1 aliphatic carbocycles. The predicted molar refractivity (Wildman–Crippen MR) is 126 cm³/mol. The number of nitrogens with zero attached hydrogens (tertiary/aromatic N) is 2. The fourth-order valence-corrected chi connectivity index (χ4v) is 4.32. The minimum Gasteiger partial charge on any atom is -0.342 e.